The number of nitrogens with zero attached hydrogens (tertiary/aromatic N) is 3. The molecule has 5 nitrogen and oxygen atoms in total. The number of benzene rings is 2. The maximum absolute atomic E-state index is 6.28. The second-order valence-electron chi connectivity index (χ2n) is 6.66. The topological polar surface area (TPSA) is 58.9 Å². The van der Waals surface area contributed by atoms with E-state index in [0.29, 0.717) is 10.9 Å². The predicted octanol–water partition coefficient (Wildman–Crippen LogP) is 5.35. The van der Waals surface area contributed by atoms with E-state index in [0.717, 1.165) is 53.3 Å². The van der Waals surface area contributed by atoms with E-state index in [-0.39, 0.29) is 0 Å². The molecule has 0 atom stereocenters. The molecule has 3 aromatic rings. The fourth-order valence-corrected chi connectivity index (χ4v) is 3.18. The summed E-state index contributed by atoms with van der Waals surface area (Å²) in [6, 6.07) is 17.4. The Morgan fingerprint density at radius 2 is 1.90 bits per heavy atom. The molecule has 0 spiro atoms. The highest BCUT2D eigenvalue weighted by Gasteiger charge is 2.18. The van der Waals surface area contributed by atoms with Gasteiger partial charge in [-0.2, -0.15) is 5.10 Å². The highest BCUT2D eigenvalue weighted by molar-refractivity contribution is 6.31. The highest BCUT2D eigenvalue weighted by atomic mass is 35.5. The van der Waals surface area contributed by atoms with Crippen molar-refractivity contribution in [3.05, 3.63) is 88.7 Å². The third-order valence-corrected chi connectivity index (χ3v) is 4.78. The zero-order valence-corrected chi connectivity index (χ0v) is 16.9. The molecule has 1 aliphatic heterocycles. The summed E-state index contributed by atoms with van der Waals surface area (Å²) < 4.78 is 5.77. The number of ether oxygens (including phenoxy) is 1. The van der Waals surface area contributed by atoms with Gasteiger partial charge in [-0.3, -0.25) is 10.4 Å². The van der Waals surface area contributed by atoms with Gasteiger partial charge in [-0.25, -0.2) is 4.99 Å². The van der Waals surface area contributed by atoms with Crippen molar-refractivity contribution in [2.75, 3.05) is 6.61 Å². The van der Waals surface area contributed by atoms with Crippen molar-refractivity contribution >= 4 is 28.8 Å². The first kappa shape index (κ1) is 19.2. The van der Waals surface area contributed by atoms with Gasteiger partial charge in [0.05, 0.1) is 12.3 Å². The summed E-state index contributed by atoms with van der Waals surface area (Å²) in [6.07, 6.45) is 5.63. The van der Waals surface area contributed by atoms with E-state index < -0.39 is 0 Å². The van der Waals surface area contributed by atoms with E-state index >= 15 is 0 Å². The van der Waals surface area contributed by atoms with Gasteiger partial charge in [0.1, 0.15) is 11.5 Å². The van der Waals surface area contributed by atoms with Crippen LogP contribution in [-0.2, 0) is 0 Å². The molecular formula is C23H21ClN4O. The summed E-state index contributed by atoms with van der Waals surface area (Å²) in [5.41, 5.74) is 7.33. The minimum Gasteiger partial charge on any atom is -0.494 e. The number of unbranched alkanes of at least 4 members (excludes halogenated alkanes) is 1. The summed E-state index contributed by atoms with van der Waals surface area (Å²) in [5, 5.41) is 5.28. The lowest BCUT2D eigenvalue weighted by atomic mass is 10.0. The Morgan fingerprint density at radius 1 is 1.03 bits per heavy atom. The molecule has 6 heteroatoms. The molecule has 0 saturated heterocycles. The van der Waals surface area contributed by atoms with Crippen LogP contribution in [0, 0.1) is 0 Å². The lowest BCUT2D eigenvalue weighted by Gasteiger charge is -2.10. The first-order chi connectivity index (χ1) is 14.2. The van der Waals surface area contributed by atoms with Gasteiger partial charge in [0, 0.05) is 34.1 Å². The zero-order valence-electron chi connectivity index (χ0n) is 16.1. The molecular weight excluding hydrogens is 384 g/mol. The molecule has 0 aliphatic carbocycles. The van der Waals surface area contributed by atoms with Crippen LogP contribution in [0.25, 0.3) is 0 Å². The zero-order chi connectivity index (χ0) is 20.1. The molecule has 146 valence electrons. The normalized spacial score (nSPS) is 12.9. The van der Waals surface area contributed by atoms with Crippen LogP contribution in [0.3, 0.4) is 0 Å². The Kier molecular flexibility index (Phi) is 5.86. The maximum Gasteiger partial charge on any atom is 0.155 e. The summed E-state index contributed by atoms with van der Waals surface area (Å²) in [4.78, 5) is 8.94. The maximum atomic E-state index is 6.28. The van der Waals surface area contributed by atoms with Crippen molar-refractivity contribution in [1.82, 2.24) is 10.4 Å². The molecule has 2 heterocycles. The number of aliphatic imine (C=N–C) groups is 1. The van der Waals surface area contributed by atoms with Crippen LogP contribution in [0.15, 0.2) is 77.1 Å². The third kappa shape index (κ3) is 4.46. The van der Waals surface area contributed by atoms with Gasteiger partial charge in [0.25, 0.3) is 0 Å². The monoisotopic (exact) mass is 404 g/mol. The van der Waals surface area contributed by atoms with E-state index in [9.17, 15) is 0 Å². The molecule has 29 heavy (non-hydrogen) atoms. The van der Waals surface area contributed by atoms with Gasteiger partial charge in [-0.15, -0.1) is 0 Å². The first-order valence-corrected chi connectivity index (χ1v) is 9.98. The second kappa shape index (κ2) is 8.88. The number of nitrogens with one attached hydrogen (secondary N) is 1. The number of fused-ring (bicyclic) bond motifs is 1. The van der Waals surface area contributed by atoms with Gasteiger partial charge in [0.2, 0.25) is 0 Å². The molecule has 0 fully saturated rings. The molecule has 0 amide bonds. The Hall–Kier alpha value is -3.18. The van der Waals surface area contributed by atoms with E-state index in [1.54, 1.807) is 12.4 Å². The van der Waals surface area contributed by atoms with Gasteiger partial charge >= 0.3 is 0 Å². The van der Waals surface area contributed by atoms with Gasteiger partial charge < -0.3 is 4.74 Å². The lowest BCUT2D eigenvalue weighted by molar-refractivity contribution is 0.309. The molecule has 1 aromatic heterocycles. The van der Waals surface area contributed by atoms with Crippen LogP contribution in [0.5, 0.6) is 5.75 Å². The number of aromatic nitrogens is 1. The number of halogens is 1. The van der Waals surface area contributed by atoms with Crippen LogP contribution < -0.4 is 10.2 Å². The smallest absolute Gasteiger partial charge is 0.155 e. The summed E-state index contributed by atoms with van der Waals surface area (Å²) in [5.74, 6) is 1.49. The largest absolute Gasteiger partial charge is 0.494 e. The van der Waals surface area contributed by atoms with Crippen LogP contribution in [0.1, 0.15) is 36.5 Å². The first-order valence-electron chi connectivity index (χ1n) is 9.60. The van der Waals surface area contributed by atoms with Gasteiger partial charge in [0.15, 0.2) is 5.84 Å². The van der Waals surface area contributed by atoms with Crippen LogP contribution in [-0.4, -0.2) is 23.1 Å². The Morgan fingerprint density at radius 3 is 2.66 bits per heavy atom. The van der Waals surface area contributed by atoms with E-state index in [1.807, 2.05) is 54.6 Å². The lowest BCUT2D eigenvalue weighted by Crippen LogP contribution is -2.19. The predicted molar refractivity (Wildman–Crippen MR) is 118 cm³/mol. The fourth-order valence-electron chi connectivity index (χ4n) is 3.01. The van der Waals surface area contributed by atoms with Crippen molar-refractivity contribution in [3.8, 4) is 5.75 Å². The number of pyridine rings is 1. The van der Waals surface area contributed by atoms with Crippen molar-refractivity contribution in [3.63, 3.8) is 0 Å². The van der Waals surface area contributed by atoms with Crippen molar-refractivity contribution < 1.29 is 4.74 Å². The molecule has 4 rings (SSSR count). The molecule has 1 aliphatic rings. The molecule has 0 radical (unpaired) electrons. The Labute approximate surface area is 175 Å². The SMILES string of the molecule is CCCCOc1ccc(C2=NNC(c3cccnc3)=Nc3ccc(Cl)cc32)cc1. The number of amidine groups is 1. The van der Waals surface area contributed by atoms with Crippen molar-refractivity contribution in [2.45, 2.75) is 19.8 Å². The average Bonchev–Trinajstić information content (AvgIpc) is 2.95. The summed E-state index contributed by atoms with van der Waals surface area (Å²) >= 11 is 6.28. The second-order valence-corrected chi connectivity index (χ2v) is 7.10. The Bertz CT molecular complexity index is 1050. The molecule has 1 N–H and O–H groups in total. The van der Waals surface area contributed by atoms with Crippen LogP contribution in [0.4, 0.5) is 5.69 Å². The van der Waals surface area contributed by atoms with E-state index in [2.05, 4.69) is 22.4 Å². The highest BCUT2D eigenvalue weighted by Crippen LogP contribution is 2.29. The molecule has 0 unspecified atom stereocenters. The summed E-state index contributed by atoms with van der Waals surface area (Å²) in [6.45, 7) is 2.87. The van der Waals surface area contributed by atoms with Crippen LogP contribution in [0.2, 0.25) is 5.02 Å². The summed E-state index contributed by atoms with van der Waals surface area (Å²) in [7, 11) is 0. The number of hydrogen-bond acceptors (Lipinski definition) is 5. The van der Waals surface area contributed by atoms with Crippen LogP contribution >= 0.6 is 11.6 Å². The quantitative estimate of drug-likeness (QED) is 0.563. The molecule has 0 saturated carbocycles. The number of rotatable bonds is 6. The van der Waals surface area contributed by atoms with Crippen molar-refractivity contribution in [2.24, 2.45) is 10.1 Å². The standard InChI is InChI=1S/C23H21ClN4O/c1-2-3-13-29-19-9-6-16(7-10-19)22-20-14-18(24)8-11-21(20)26-23(28-27-22)17-5-4-12-25-15-17/h4-12,14-15H,2-3,13H2,1H3,(H,26,28). The minimum absolute atomic E-state index is 0.635. The molecule has 2 aromatic carbocycles. The van der Waals surface area contributed by atoms with Crippen molar-refractivity contribution in [1.29, 1.82) is 0 Å². The average molecular weight is 405 g/mol. The minimum atomic E-state index is 0.635. The van der Waals surface area contributed by atoms with Gasteiger partial charge in [-0.05, 0) is 61.0 Å². The molecule has 0 bridgehead atoms. The van der Waals surface area contributed by atoms with Gasteiger partial charge in [-0.1, -0.05) is 24.9 Å². The fraction of sp³-hybridized carbons (Fsp3) is 0.174. The van der Waals surface area contributed by atoms with E-state index in [1.165, 1.54) is 0 Å². The third-order valence-electron chi connectivity index (χ3n) is 4.55. The number of hydrazone groups is 1. The van der Waals surface area contributed by atoms with E-state index in [4.69, 9.17) is 21.3 Å². The number of hydrogen-bond donors (Lipinski definition) is 1. The Balaban J connectivity index is 1.70.